The molecule has 4 unspecified atom stereocenters. The van der Waals surface area contributed by atoms with E-state index in [0.717, 1.165) is 34.0 Å². The number of anilines is 2. The van der Waals surface area contributed by atoms with Crippen molar-refractivity contribution in [1.82, 2.24) is 4.98 Å². The summed E-state index contributed by atoms with van der Waals surface area (Å²) in [5, 5.41) is 3.28. The predicted molar refractivity (Wildman–Crippen MR) is 169 cm³/mol. The van der Waals surface area contributed by atoms with Crippen molar-refractivity contribution in [1.29, 1.82) is 0 Å². The lowest BCUT2D eigenvalue weighted by Crippen LogP contribution is -2.42. The number of aromatic amines is 1. The van der Waals surface area contributed by atoms with Crippen LogP contribution in [0.5, 0.6) is 5.75 Å². The largest absolute Gasteiger partial charge is 0.484 e. The third-order valence-electron chi connectivity index (χ3n) is 9.82. The van der Waals surface area contributed by atoms with E-state index in [2.05, 4.69) is 10.3 Å². The zero-order valence-electron chi connectivity index (χ0n) is 24.4. The first-order chi connectivity index (χ1) is 22.6. The zero-order valence-corrected chi connectivity index (χ0v) is 26.0. The van der Waals surface area contributed by atoms with Crippen LogP contribution < -0.4 is 19.8 Å². The monoisotopic (exact) mass is 677 g/mol. The molecule has 2 N–H and O–H groups in total. The number of nitrogens with zero attached hydrogens (tertiary/aromatic N) is 1. The Labute approximate surface area is 274 Å². The molecule has 8 rings (SSSR count). The minimum atomic E-state index is -4.53. The highest BCUT2D eigenvalue weighted by atomic mass is 32.2. The van der Waals surface area contributed by atoms with Crippen LogP contribution in [0.15, 0.2) is 88.7 Å². The molecular formula is C34H26F3N3O5S2. The normalized spacial score (nSPS) is 27.4. The average molecular weight is 678 g/mol. The summed E-state index contributed by atoms with van der Waals surface area (Å²) in [5.74, 6) is -1.48. The minimum absolute atomic E-state index is 0.00200. The van der Waals surface area contributed by atoms with Gasteiger partial charge in [-0.15, -0.1) is 11.8 Å². The fourth-order valence-electron chi connectivity index (χ4n) is 8.11. The first-order valence-corrected chi connectivity index (χ1v) is 16.8. The van der Waals surface area contributed by atoms with Crippen LogP contribution in [-0.2, 0) is 20.6 Å². The maximum atomic E-state index is 13.8. The molecule has 4 aliphatic rings. The quantitative estimate of drug-likeness (QED) is 0.237. The first-order valence-electron chi connectivity index (χ1n) is 15.1. The highest BCUT2D eigenvalue weighted by Gasteiger charge is 2.69. The SMILES string of the molecule is O=C(COc1ccc([C@H]2c3sc(=O)[nH]c3SC3C2[C@H]2C[C@@H]3C3C(=O)N(c4ccccc4)C(=O)C32)cc1)Nc1cccc(C(F)(F)F)c1. The summed E-state index contributed by atoms with van der Waals surface area (Å²) in [5.41, 5.74) is 0.663. The highest BCUT2D eigenvalue weighted by molar-refractivity contribution is 8.00. The van der Waals surface area contributed by atoms with Crippen LogP contribution in [0.2, 0.25) is 0 Å². The lowest BCUT2D eigenvalue weighted by molar-refractivity contribution is -0.137. The lowest BCUT2D eigenvalue weighted by atomic mass is 9.68. The number of benzene rings is 3. The number of thioether (sulfide) groups is 1. The van der Waals surface area contributed by atoms with Crippen molar-refractivity contribution in [2.75, 3.05) is 16.8 Å². The van der Waals surface area contributed by atoms with Gasteiger partial charge >= 0.3 is 11.0 Å². The van der Waals surface area contributed by atoms with Gasteiger partial charge in [0.25, 0.3) is 5.91 Å². The summed E-state index contributed by atoms with van der Waals surface area (Å²) in [6.07, 6.45) is -3.75. The van der Waals surface area contributed by atoms with Gasteiger partial charge in [-0.1, -0.05) is 47.7 Å². The number of hydrogen-bond donors (Lipinski definition) is 2. The van der Waals surface area contributed by atoms with Crippen LogP contribution in [0.3, 0.4) is 0 Å². The molecule has 240 valence electrons. The van der Waals surface area contributed by atoms with E-state index in [1.54, 1.807) is 36.0 Å². The second kappa shape index (κ2) is 11.1. The molecule has 8 nitrogen and oxygen atoms in total. The van der Waals surface area contributed by atoms with Crippen LogP contribution in [0.25, 0.3) is 0 Å². The Morgan fingerprint density at radius 3 is 2.38 bits per heavy atom. The maximum Gasteiger partial charge on any atom is 0.416 e. The van der Waals surface area contributed by atoms with E-state index in [1.165, 1.54) is 28.4 Å². The number of imide groups is 1. The number of rotatable bonds is 6. The second-order valence-electron chi connectivity index (χ2n) is 12.3. The summed E-state index contributed by atoms with van der Waals surface area (Å²) in [6.45, 7) is -0.412. The van der Waals surface area contributed by atoms with Gasteiger partial charge in [-0.3, -0.25) is 24.1 Å². The standard InChI is InChI=1S/C34H26F3N3O5S2/c35-34(36,37)17-5-4-6-18(13-17)38-23(41)15-45-20-11-9-16(10-12-20)24-25-21-14-22(28(25)46-30-29(24)47-33(44)39-30)27-26(21)31(42)40(32(27)43)19-7-2-1-3-8-19/h1-13,21-22,24-28H,14-15H2,(H,38,41)(H,39,44)/t21-,22-,24-,25?,26?,27?,28?/m1/s1. The van der Waals surface area contributed by atoms with Crippen molar-refractivity contribution >= 4 is 52.2 Å². The Bertz CT molecular complexity index is 1960. The van der Waals surface area contributed by atoms with Gasteiger partial charge in [-0.2, -0.15) is 13.2 Å². The number of amides is 3. The van der Waals surface area contributed by atoms with E-state index >= 15 is 0 Å². The molecule has 2 aliphatic heterocycles. The fraction of sp³-hybridized carbons (Fsp3) is 0.294. The molecule has 7 atom stereocenters. The molecular weight excluding hydrogens is 652 g/mol. The van der Waals surface area contributed by atoms with Crippen LogP contribution in [-0.4, -0.2) is 34.6 Å². The molecule has 2 aliphatic carbocycles. The Morgan fingerprint density at radius 2 is 1.66 bits per heavy atom. The summed E-state index contributed by atoms with van der Waals surface area (Å²) in [7, 11) is 0. The van der Waals surface area contributed by atoms with Gasteiger partial charge in [-0.25, -0.2) is 0 Å². The Hall–Kier alpha value is -4.36. The van der Waals surface area contributed by atoms with Crippen LogP contribution in [0, 0.1) is 29.6 Å². The number of halogens is 3. The van der Waals surface area contributed by atoms with E-state index < -0.39 is 30.2 Å². The summed E-state index contributed by atoms with van der Waals surface area (Å²) < 4.78 is 44.7. The van der Waals surface area contributed by atoms with Gasteiger partial charge < -0.3 is 15.0 Å². The molecule has 13 heteroatoms. The first kappa shape index (κ1) is 30.0. The molecule has 2 saturated carbocycles. The van der Waals surface area contributed by atoms with Crippen molar-refractivity contribution in [3.63, 3.8) is 0 Å². The Morgan fingerprint density at radius 1 is 0.936 bits per heavy atom. The van der Waals surface area contributed by atoms with E-state index in [9.17, 15) is 32.3 Å². The molecule has 4 aromatic rings. The van der Waals surface area contributed by atoms with E-state index in [4.69, 9.17) is 4.74 Å². The van der Waals surface area contributed by atoms with Gasteiger partial charge in [0.2, 0.25) is 11.8 Å². The van der Waals surface area contributed by atoms with Crippen molar-refractivity contribution in [2.24, 2.45) is 29.6 Å². The Kier molecular flexibility index (Phi) is 7.10. The third kappa shape index (κ3) is 4.98. The fourth-order valence-corrected chi connectivity index (χ4v) is 11.0. The maximum absolute atomic E-state index is 13.8. The number of alkyl halides is 3. The molecule has 3 heterocycles. The minimum Gasteiger partial charge on any atom is -0.484 e. The van der Waals surface area contributed by atoms with Gasteiger partial charge in [0, 0.05) is 21.7 Å². The summed E-state index contributed by atoms with van der Waals surface area (Å²) in [6, 6.07) is 20.6. The molecule has 1 saturated heterocycles. The number of aromatic nitrogens is 1. The predicted octanol–water partition coefficient (Wildman–Crippen LogP) is 6.15. The van der Waals surface area contributed by atoms with Crippen LogP contribution in [0.4, 0.5) is 24.5 Å². The second-order valence-corrected chi connectivity index (χ2v) is 14.5. The smallest absolute Gasteiger partial charge is 0.416 e. The average Bonchev–Trinajstić information content (AvgIpc) is 3.79. The zero-order chi connectivity index (χ0) is 32.6. The van der Waals surface area contributed by atoms with Crippen molar-refractivity contribution in [3.05, 3.63) is 105 Å². The summed E-state index contributed by atoms with van der Waals surface area (Å²) in [4.78, 5) is 57.7. The topological polar surface area (TPSA) is 109 Å². The van der Waals surface area contributed by atoms with Crippen molar-refractivity contribution < 1.29 is 32.3 Å². The molecule has 47 heavy (non-hydrogen) atoms. The molecule has 3 fully saturated rings. The van der Waals surface area contributed by atoms with Crippen LogP contribution in [0.1, 0.15) is 28.3 Å². The molecule has 0 radical (unpaired) electrons. The number of thiazole rings is 1. The third-order valence-corrected chi connectivity index (χ3v) is 12.4. The number of ether oxygens (including phenoxy) is 1. The molecule has 2 bridgehead atoms. The van der Waals surface area contributed by atoms with Gasteiger partial charge in [0.1, 0.15) is 5.75 Å². The summed E-state index contributed by atoms with van der Waals surface area (Å²) >= 11 is 2.78. The van der Waals surface area contributed by atoms with Gasteiger partial charge in [-0.05, 0) is 72.2 Å². The van der Waals surface area contributed by atoms with Crippen molar-refractivity contribution in [3.8, 4) is 5.75 Å². The van der Waals surface area contributed by atoms with Gasteiger partial charge in [0.05, 0.1) is 28.1 Å². The number of carbonyl (C=O) groups is 3. The number of hydrogen-bond acceptors (Lipinski definition) is 7. The van der Waals surface area contributed by atoms with Gasteiger partial charge in [0.15, 0.2) is 6.61 Å². The van der Waals surface area contributed by atoms with E-state index in [1.807, 2.05) is 30.3 Å². The number of nitrogens with one attached hydrogen (secondary N) is 2. The Balaban J connectivity index is 1.02. The van der Waals surface area contributed by atoms with Crippen LogP contribution >= 0.6 is 23.1 Å². The van der Waals surface area contributed by atoms with E-state index in [0.29, 0.717) is 11.4 Å². The number of carbonyl (C=O) groups excluding carboxylic acids is 3. The van der Waals surface area contributed by atoms with Crippen molar-refractivity contribution in [2.45, 2.75) is 28.8 Å². The van der Waals surface area contributed by atoms with E-state index in [-0.39, 0.29) is 57.2 Å². The molecule has 3 aromatic carbocycles. The number of H-pyrrole nitrogens is 1. The number of para-hydroxylation sites is 1. The lowest BCUT2D eigenvalue weighted by Gasteiger charge is -2.43. The molecule has 3 amide bonds. The molecule has 1 aromatic heterocycles. The molecule has 0 spiro atoms. The number of fused-ring (bicyclic) bond motifs is 9. The highest BCUT2D eigenvalue weighted by Crippen LogP contribution is 2.68.